The molecule has 9 rings (SSSR count). The van der Waals surface area contributed by atoms with Gasteiger partial charge in [-0.25, -0.2) is 4.98 Å². The minimum atomic E-state index is -0.0177. The monoisotopic (exact) mass is 967 g/mol. The number of pyridine rings is 2. The predicted octanol–water partition coefficient (Wildman–Crippen LogP) is 13.9. The van der Waals surface area contributed by atoms with Gasteiger partial charge in [-0.05, 0) is 125 Å². The van der Waals surface area contributed by atoms with Gasteiger partial charge in [0, 0.05) is 61.8 Å². The molecule has 0 radical (unpaired) electrons. The predicted molar refractivity (Wildman–Crippen MR) is 244 cm³/mol. The van der Waals surface area contributed by atoms with E-state index in [0.717, 1.165) is 50.4 Å². The van der Waals surface area contributed by atoms with Gasteiger partial charge in [-0.3, -0.25) is 4.98 Å². The quantitative estimate of drug-likeness (QED) is 0.155. The first kappa shape index (κ1) is 41.0. The van der Waals surface area contributed by atoms with Crippen molar-refractivity contribution >= 4 is 44.6 Å². The SMILES string of the molecule is Cc1cc(C(C)(C)C)cc(C)c1-c1cc(C)c(N2[CH-]N(c3[c-]c(Oc4[c-]c5c(cc4)c4ccccc4n5-c4cc(C(C)(C)C)ccn4)ccc3)c3ccncc32)c(C)c1.[Pt]. The zero-order valence-electron chi connectivity index (χ0n) is 36.0. The van der Waals surface area contributed by atoms with Gasteiger partial charge < -0.3 is 19.1 Å². The molecule has 6 nitrogen and oxygen atoms in total. The molecular formula is C53H50N5OPt-3. The van der Waals surface area contributed by atoms with Crippen LogP contribution in [0.15, 0.2) is 116 Å². The molecule has 0 unspecified atom stereocenters. The second-order valence-electron chi connectivity index (χ2n) is 18.0. The number of hydrogen-bond donors (Lipinski definition) is 0. The van der Waals surface area contributed by atoms with Gasteiger partial charge in [-0.1, -0.05) is 77.4 Å². The maximum Gasteiger partial charge on any atom is 0.135 e. The summed E-state index contributed by atoms with van der Waals surface area (Å²) in [5, 5.41) is 2.23. The van der Waals surface area contributed by atoms with Gasteiger partial charge in [0.25, 0.3) is 0 Å². The van der Waals surface area contributed by atoms with E-state index in [9.17, 15) is 0 Å². The Morgan fingerprint density at radius 2 is 1.32 bits per heavy atom. The molecule has 1 aliphatic rings. The summed E-state index contributed by atoms with van der Waals surface area (Å²) in [4.78, 5) is 13.8. The van der Waals surface area contributed by atoms with Crippen LogP contribution in [0.2, 0.25) is 0 Å². The van der Waals surface area contributed by atoms with Gasteiger partial charge >= 0.3 is 0 Å². The van der Waals surface area contributed by atoms with Crippen LogP contribution in [0.4, 0.5) is 22.7 Å². The van der Waals surface area contributed by atoms with Gasteiger partial charge in [0.2, 0.25) is 0 Å². The topological polar surface area (TPSA) is 46.4 Å². The summed E-state index contributed by atoms with van der Waals surface area (Å²) in [5.74, 6) is 2.05. The Hall–Kier alpha value is -5.71. The summed E-state index contributed by atoms with van der Waals surface area (Å²) in [6, 6.07) is 41.4. The molecule has 0 fully saturated rings. The van der Waals surface area contributed by atoms with E-state index >= 15 is 0 Å². The molecule has 3 aromatic heterocycles. The fourth-order valence-electron chi connectivity index (χ4n) is 8.64. The van der Waals surface area contributed by atoms with Gasteiger partial charge in [0.05, 0.1) is 11.9 Å². The number of aryl methyl sites for hydroxylation is 4. The summed E-state index contributed by atoms with van der Waals surface area (Å²) >= 11 is 0. The van der Waals surface area contributed by atoms with E-state index in [1.165, 1.54) is 44.5 Å². The maximum absolute atomic E-state index is 6.58. The average molecular weight is 968 g/mol. The van der Waals surface area contributed by atoms with E-state index in [1.54, 1.807) is 0 Å². The van der Waals surface area contributed by atoms with Gasteiger partial charge in [-0.2, -0.15) is 12.1 Å². The van der Waals surface area contributed by atoms with Crippen LogP contribution in [-0.2, 0) is 31.9 Å². The van der Waals surface area contributed by atoms with Crippen molar-refractivity contribution in [3.8, 4) is 28.4 Å². The molecule has 5 aromatic carbocycles. The van der Waals surface area contributed by atoms with Crippen LogP contribution < -0.4 is 14.5 Å². The van der Waals surface area contributed by atoms with Gasteiger partial charge in [0.15, 0.2) is 0 Å². The third-order valence-electron chi connectivity index (χ3n) is 11.6. The first-order valence-electron chi connectivity index (χ1n) is 20.4. The van der Waals surface area contributed by atoms with Crippen molar-refractivity contribution in [2.75, 3.05) is 9.80 Å². The van der Waals surface area contributed by atoms with Gasteiger partial charge in [-0.15, -0.1) is 48.1 Å². The Bertz CT molecular complexity index is 2890. The van der Waals surface area contributed by atoms with Crippen molar-refractivity contribution in [1.29, 1.82) is 0 Å². The van der Waals surface area contributed by atoms with Crippen LogP contribution in [0.25, 0.3) is 38.8 Å². The smallest absolute Gasteiger partial charge is 0.135 e. The molecule has 0 saturated carbocycles. The van der Waals surface area contributed by atoms with Crippen molar-refractivity contribution in [1.82, 2.24) is 14.5 Å². The molecule has 0 N–H and O–H groups in total. The number of aromatic nitrogens is 3. The molecule has 60 heavy (non-hydrogen) atoms. The number of benzene rings is 5. The second-order valence-corrected chi connectivity index (χ2v) is 18.0. The summed E-state index contributed by atoms with van der Waals surface area (Å²) in [6.07, 6.45) is 5.68. The largest absolute Gasteiger partial charge is 0.509 e. The first-order valence-corrected chi connectivity index (χ1v) is 20.4. The molecule has 1 aliphatic heterocycles. The number of anilines is 4. The third-order valence-corrected chi connectivity index (χ3v) is 11.6. The Morgan fingerprint density at radius 3 is 2.03 bits per heavy atom. The third kappa shape index (κ3) is 7.30. The Labute approximate surface area is 369 Å². The van der Waals surface area contributed by atoms with E-state index in [0.29, 0.717) is 11.5 Å². The zero-order chi connectivity index (χ0) is 41.4. The normalized spacial score (nSPS) is 12.9. The van der Waals surface area contributed by atoms with Crippen molar-refractivity contribution in [3.63, 3.8) is 0 Å². The van der Waals surface area contributed by atoms with E-state index in [4.69, 9.17) is 9.72 Å². The molecule has 0 atom stereocenters. The maximum atomic E-state index is 6.58. The number of hydrogen-bond acceptors (Lipinski definition) is 5. The number of ether oxygens (including phenoxy) is 1. The van der Waals surface area contributed by atoms with E-state index in [-0.39, 0.29) is 31.9 Å². The van der Waals surface area contributed by atoms with Crippen molar-refractivity contribution in [3.05, 3.63) is 168 Å². The molecule has 0 spiro atoms. The molecule has 7 heteroatoms. The minimum Gasteiger partial charge on any atom is -0.509 e. The number of fused-ring (bicyclic) bond motifs is 4. The molecule has 8 aromatic rings. The Kier molecular flexibility index (Phi) is 10.5. The molecule has 0 bridgehead atoms. The fourth-order valence-corrected chi connectivity index (χ4v) is 8.64. The van der Waals surface area contributed by atoms with Crippen LogP contribution in [0, 0.1) is 46.5 Å². The van der Waals surface area contributed by atoms with Crippen molar-refractivity contribution < 1.29 is 25.8 Å². The summed E-state index contributed by atoms with van der Waals surface area (Å²) < 4.78 is 8.77. The van der Waals surface area contributed by atoms with Gasteiger partial charge in [0.1, 0.15) is 5.82 Å². The van der Waals surface area contributed by atoms with Crippen LogP contribution in [0.3, 0.4) is 0 Å². The first-order chi connectivity index (χ1) is 28.2. The average Bonchev–Trinajstić information content (AvgIpc) is 3.73. The Morgan fingerprint density at radius 1 is 0.617 bits per heavy atom. The van der Waals surface area contributed by atoms with Crippen LogP contribution in [-0.4, -0.2) is 14.5 Å². The summed E-state index contributed by atoms with van der Waals surface area (Å²) in [5.41, 5.74) is 16.2. The number of rotatable bonds is 6. The Balaban J connectivity index is 0.00000499. The molecule has 4 heterocycles. The van der Waals surface area contributed by atoms with E-state index in [2.05, 4.69) is 186 Å². The number of nitrogens with zero attached hydrogens (tertiary/aromatic N) is 5. The molecular weight excluding hydrogens is 918 g/mol. The second kappa shape index (κ2) is 15.4. The molecule has 0 aliphatic carbocycles. The van der Waals surface area contributed by atoms with Crippen LogP contribution >= 0.6 is 0 Å². The fraction of sp³-hybridized carbons (Fsp3) is 0.226. The van der Waals surface area contributed by atoms with Crippen LogP contribution in [0.1, 0.15) is 74.9 Å². The number of para-hydroxylation sites is 1. The van der Waals surface area contributed by atoms with Crippen LogP contribution in [0.5, 0.6) is 11.5 Å². The molecule has 306 valence electrons. The summed E-state index contributed by atoms with van der Waals surface area (Å²) in [6.45, 7) is 24.5. The minimum absolute atomic E-state index is 0. The van der Waals surface area contributed by atoms with Crippen molar-refractivity contribution in [2.24, 2.45) is 0 Å². The van der Waals surface area contributed by atoms with E-state index < -0.39 is 0 Å². The molecule has 0 saturated heterocycles. The standard InChI is InChI=1S/C53H50N5O.Pt/c1-33-26-39(53(8,9)10)27-34(2)50(33)37-24-35(3)51(36(4)25-37)57-32-56(46-21-22-54-31-48(46)57)40-14-13-15-41(29-40)59-42-18-19-44-43-16-11-12-17-45(43)58(47(44)30-42)49-28-38(20-23-55-49)52(5,6)7;/h11-28,31-32H,1-10H3;/q-3;. The summed E-state index contributed by atoms with van der Waals surface area (Å²) in [7, 11) is 0. The molecule has 0 amide bonds. The zero-order valence-corrected chi connectivity index (χ0v) is 38.3. The van der Waals surface area contributed by atoms with Crippen molar-refractivity contribution in [2.45, 2.75) is 80.1 Å². The van der Waals surface area contributed by atoms with E-state index in [1.807, 2.05) is 36.8 Å².